The molecule has 0 N–H and O–H groups in total. The molecule has 4 heteroatoms. The van der Waals surface area contributed by atoms with Gasteiger partial charge in [0, 0.05) is 24.8 Å². The van der Waals surface area contributed by atoms with Crippen molar-refractivity contribution >= 4 is 36.6 Å². The Balaban J connectivity index is 1.60. The average molecular weight is 393 g/mol. The van der Waals surface area contributed by atoms with E-state index in [9.17, 15) is 0 Å². The molecule has 0 unspecified atom stereocenters. The van der Waals surface area contributed by atoms with Crippen molar-refractivity contribution in [2.24, 2.45) is 15.0 Å². The molecule has 3 rings (SSSR count). The van der Waals surface area contributed by atoms with Crippen LogP contribution in [0.5, 0.6) is 0 Å². The molecule has 148 valence electrons. The van der Waals surface area contributed by atoms with Gasteiger partial charge in [-0.05, 0) is 54.3 Å². The molecule has 0 amide bonds. The third-order valence-corrected chi connectivity index (χ3v) is 4.20. The summed E-state index contributed by atoms with van der Waals surface area (Å²) < 4.78 is 0. The minimum atomic E-state index is 0.704. The van der Waals surface area contributed by atoms with Crippen LogP contribution in [0.1, 0.15) is 36.1 Å². The summed E-state index contributed by atoms with van der Waals surface area (Å²) >= 11 is 0. The van der Waals surface area contributed by atoms with Crippen molar-refractivity contribution in [3.8, 4) is 0 Å². The molecule has 2 aromatic carbocycles. The molecular weight excluding hydrogens is 368 g/mol. The topological polar surface area (TPSA) is 50.0 Å². The highest BCUT2D eigenvalue weighted by atomic mass is 14.9. The monoisotopic (exact) mass is 392 g/mol. The summed E-state index contributed by atoms with van der Waals surface area (Å²) in [4.78, 5) is 17.1. The summed E-state index contributed by atoms with van der Waals surface area (Å²) in [7, 11) is 0. The van der Waals surface area contributed by atoms with Crippen molar-refractivity contribution in [2.45, 2.75) is 13.8 Å². The van der Waals surface area contributed by atoms with Crippen LogP contribution in [0.25, 0.3) is 12.2 Å². The highest BCUT2D eigenvalue weighted by molar-refractivity contribution is 5.83. The molecular formula is C26H24N4. The molecule has 0 saturated heterocycles. The zero-order chi connectivity index (χ0) is 21.0. The Labute approximate surface area is 177 Å². The Morgan fingerprint density at radius 1 is 0.700 bits per heavy atom. The van der Waals surface area contributed by atoms with Crippen molar-refractivity contribution in [3.63, 3.8) is 0 Å². The largest absolute Gasteiger partial charge is 0.242 e. The number of aromatic nitrogens is 1. The lowest BCUT2D eigenvalue weighted by molar-refractivity contribution is 1.24. The number of hydrogen-bond acceptors (Lipinski definition) is 4. The lowest BCUT2D eigenvalue weighted by Crippen LogP contribution is -1.83. The predicted molar refractivity (Wildman–Crippen MR) is 129 cm³/mol. The summed E-state index contributed by atoms with van der Waals surface area (Å²) in [6.45, 7) is 3.80. The van der Waals surface area contributed by atoms with Gasteiger partial charge < -0.3 is 0 Å². The maximum atomic E-state index is 4.37. The van der Waals surface area contributed by atoms with Gasteiger partial charge in [0.05, 0.1) is 0 Å². The second-order valence-electron chi connectivity index (χ2n) is 6.41. The van der Waals surface area contributed by atoms with E-state index in [2.05, 4.69) is 56.4 Å². The van der Waals surface area contributed by atoms with Gasteiger partial charge >= 0.3 is 0 Å². The van der Waals surface area contributed by atoms with Crippen molar-refractivity contribution in [1.82, 2.24) is 4.98 Å². The fraction of sp³-hybridized carbons (Fsp3) is 0.0769. The van der Waals surface area contributed by atoms with Crippen molar-refractivity contribution < 1.29 is 0 Å². The minimum absolute atomic E-state index is 0.704. The van der Waals surface area contributed by atoms with Crippen LogP contribution < -0.4 is 0 Å². The Morgan fingerprint density at radius 2 is 1.30 bits per heavy atom. The van der Waals surface area contributed by atoms with E-state index in [0.717, 1.165) is 22.3 Å². The van der Waals surface area contributed by atoms with E-state index in [1.54, 1.807) is 12.4 Å². The maximum Gasteiger partial charge on any atom is 0.151 e. The van der Waals surface area contributed by atoms with Crippen LogP contribution in [0.3, 0.4) is 0 Å². The van der Waals surface area contributed by atoms with Crippen LogP contribution in [-0.2, 0) is 0 Å². The molecule has 0 atom stereocenters. The molecule has 3 aromatic rings. The smallest absolute Gasteiger partial charge is 0.151 e. The van der Waals surface area contributed by atoms with E-state index in [-0.39, 0.29) is 0 Å². The predicted octanol–water partition coefficient (Wildman–Crippen LogP) is 6.37. The van der Waals surface area contributed by atoms with Crippen molar-refractivity contribution in [2.75, 3.05) is 0 Å². The molecule has 0 spiro atoms. The van der Waals surface area contributed by atoms with E-state index in [1.807, 2.05) is 74.8 Å². The summed E-state index contributed by atoms with van der Waals surface area (Å²) in [5.74, 6) is 1.41. The first-order chi connectivity index (χ1) is 14.8. The fourth-order valence-electron chi connectivity index (χ4n) is 2.60. The highest BCUT2D eigenvalue weighted by Gasteiger charge is 1.93. The lowest BCUT2D eigenvalue weighted by Gasteiger charge is -1.98. The molecule has 0 aliphatic rings. The first-order valence-corrected chi connectivity index (χ1v) is 9.79. The zero-order valence-electron chi connectivity index (χ0n) is 17.2. The van der Waals surface area contributed by atoms with Crippen LogP contribution >= 0.6 is 0 Å². The Bertz CT molecular complexity index is 1070. The molecule has 1 heterocycles. The number of aliphatic imine (C=N–C) groups is 3. The van der Waals surface area contributed by atoms with Gasteiger partial charge in [0.1, 0.15) is 5.82 Å². The van der Waals surface area contributed by atoms with Gasteiger partial charge in [-0.3, -0.25) is 0 Å². The minimum Gasteiger partial charge on any atom is -0.242 e. The van der Waals surface area contributed by atoms with Crippen LogP contribution in [0.15, 0.2) is 99.8 Å². The number of benzene rings is 2. The van der Waals surface area contributed by atoms with E-state index < -0.39 is 0 Å². The summed E-state index contributed by atoms with van der Waals surface area (Å²) in [6.07, 6.45) is 13.2. The first kappa shape index (κ1) is 20.8. The lowest BCUT2D eigenvalue weighted by atomic mass is 10.1. The van der Waals surface area contributed by atoms with Gasteiger partial charge in [0.15, 0.2) is 5.82 Å². The third kappa shape index (κ3) is 6.60. The summed E-state index contributed by atoms with van der Waals surface area (Å²) in [5, 5.41) is 0. The number of hydrogen-bond donors (Lipinski definition) is 0. The van der Waals surface area contributed by atoms with Gasteiger partial charge in [0.2, 0.25) is 0 Å². The maximum absolute atomic E-state index is 4.37. The van der Waals surface area contributed by atoms with Crippen molar-refractivity contribution in [3.05, 3.63) is 107 Å². The second-order valence-corrected chi connectivity index (χ2v) is 6.41. The zero-order valence-corrected chi connectivity index (χ0v) is 17.2. The van der Waals surface area contributed by atoms with Gasteiger partial charge in [-0.2, -0.15) is 0 Å². The molecule has 4 nitrogen and oxygen atoms in total. The molecule has 0 fully saturated rings. The van der Waals surface area contributed by atoms with Gasteiger partial charge in [0.25, 0.3) is 0 Å². The van der Waals surface area contributed by atoms with Crippen molar-refractivity contribution in [1.29, 1.82) is 0 Å². The molecule has 0 aliphatic heterocycles. The fourth-order valence-corrected chi connectivity index (χ4v) is 2.60. The van der Waals surface area contributed by atoms with E-state index in [0.29, 0.717) is 11.6 Å². The number of pyridine rings is 1. The van der Waals surface area contributed by atoms with E-state index in [4.69, 9.17) is 0 Å². The molecule has 0 saturated carbocycles. The number of allylic oxidation sites excluding steroid dienone is 1. The van der Waals surface area contributed by atoms with Crippen LogP contribution in [0.2, 0.25) is 0 Å². The molecule has 1 aromatic heterocycles. The number of nitrogens with zero attached hydrogens (tertiary/aromatic N) is 4. The van der Waals surface area contributed by atoms with Gasteiger partial charge in [-0.15, -0.1) is 0 Å². The van der Waals surface area contributed by atoms with Gasteiger partial charge in [-0.1, -0.05) is 66.7 Å². The third-order valence-electron chi connectivity index (χ3n) is 4.20. The average Bonchev–Trinajstić information content (AvgIpc) is 2.81. The molecule has 0 radical (unpaired) electrons. The summed E-state index contributed by atoms with van der Waals surface area (Å²) in [6, 6.07) is 22.2. The Hall–Kier alpha value is -3.92. The standard InChI is InChI=1S/C26H24N4/c1-3-25(27-4-2)29-19-23-14-10-21(11-15-23)8-9-22-12-16-24(17-13-22)20-30-26-7-5-6-18-28-26/h3-20H,1-2H3/b9-8+,25-3+,27-4-,29-19+,30-20+. The van der Waals surface area contributed by atoms with Crippen LogP contribution in [0, 0.1) is 0 Å². The normalized spacial score (nSPS) is 12.7. The quantitative estimate of drug-likeness (QED) is 0.340. The first-order valence-electron chi connectivity index (χ1n) is 9.79. The Kier molecular flexibility index (Phi) is 7.75. The van der Waals surface area contributed by atoms with Crippen LogP contribution in [0.4, 0.5) is 5.82 Å². The van der Waals surface area contributed by atoms with Gasteiger partial charge in [-0.25, -0.2) is 20.0 Å². The Morgan fingerprint density at radius 3 is 1.83 bits per heavy atom. The summed E-state index contributed by atoms with van der Waals surface area (Å²) in [5.41, 5.74) is 4.33. The SMILES string of the molecule is C\C=N/C(=C\C)/N=C/c1ccc(/C=C/c2ccc(/C=N/c3ccccn3)cc2)cc1. The second kappa shape index (κ2) is 11.2. The highest BCUT2D eigenvalue weighted by Crippen LogP contribution is 2.11. The number of rotatable bonds is 7. The molecule has 30 heavy (non-hydrogen) atoms. The van der Waals surface area contributed by atoms with E-state index in [1.165, 1.54) is 0 Å². The molecule has 0 aliphatic carbocycles. The molecule has 0 bridgehead atoms. The van der Waals surface area contributed by atoms with Crippen LogP contribution in [-0.4, -0.2) is 23.6 Å². The van der Waals surface area contributed by atoms with E-state index >= 15 is 0 Å².